The zero-order valence-electron chi connectivity index (χ0n) is 14.3. The van der Waals surface area contributed by atoms with E-state index in [0.717, 1.165) is 11.6 Å². The van der Waals surface area contributed by atoms with Gasteiger partial charge in [0.05, 0.1) is 0 Å². The summed E-state index contributed by atoms with van der Waals surface area (Å²) < 4.78 is 19.0. The third-order valence-corrected chi connectivity index (χ3v) is 4.05. The second-order valence-electron chi connectivity index (χ2n) is 5.84. The number of halogens is 1. The number of nitrogens with one attached hydrogen (secondary N) is 2. The van der Waals surface area contributed by atoms with Crippen molar-refractivity contribution in [2.45, 2.75) is 0 Å². The SMILES string of the molecule is O=C(NC(=S)Nc1cccc(-c2nc3ncccc3o2)c1)c1cccc(F)c1. The van der Waals surface area contributed by atoms with Crippen molar-refractivity contribution in [2.75, 3.05) is 5.32 Å². The number of hydrogen-bond acceptors (Lipinski definition) is 5. The summed E-state index contributed by atoms with van der Waals surface area (Å²) in [6, 6.07) is 16.1. The number of hydrogen-bond donors (Lipinski definition) is 2. The highest BCUT2D eigenvalue weighted by Crippen LogP contribution is 2.25. The van der Waals surface area contributed by atoms with Gasteiger partial charge in [-0.1, -0.05) is 12.1 Å². The van der Waals surface area contributed by atoms with Crippen LogP contribution in [0.2, 0.25) is 0 Å². The van der Waals surface area contributed by atoms with E-state index in [9.17, 15) is 9.18 Å². The molecule has 2 N–H and O–H groups in total. The highest BCUT2D eigenvalue weighted by atomic mass is 32.1. The molecule has 6 nitrogen and oxygen atoms in total. The van der Waals surface area contributed by atoms with E-state index in [1.54, 1.807) is 36.5 Å². The lowest BCUT2D eigenvalue weighted by Gasteiger charge is -2.10. The fourth-order valence-corrected chi connectivity index (χ4v) is 2.80. The highest BCUT2D eigenvalue weighted by Gasteiger charge is 2.11. The predicted molar refractivity (Wildman–Crippen MR) is 107 cm³/mol. The van der Waals surface area contributed by atoms with E-state index in [-0.39, 0.29) is 10.7 Å². The van der Waals surface area contributed by atoms with E-state index in [1.807, 2.05) is 6.07 Å². The van der Waals surface area contributed by atoms with Gasteiger partial charge in [-0.25, -0.2) is 9.37 Å². The molecule has 8 heteroatoms. The highest BCUT2D eigenvalue weighted by molar-refractivity contribution is 7.80. The van der Waals surface area contributed by atoms with Crippen LogP contribution in [0.25, 0.3) is 22.7 Å². The Morgan fingerprint density at radius 1 is 1.07 bits per heavy atom. The van der Waals surface area contributed by atoms with E-state index in [1.165, 1.54) is 18.2 Å². The second kappa shape index (κ2) is 7.53. The van der Waals surface area contributed by atoms with Crippen molar-refractivity contribution in [2.24, 2.45) is 0 Å². The number of aromatic nitrogens is 2. The first-order valence-electron chi connectivity index (χ1n) is 8.28. The van der Waals surface area contributed by atoms with E-state index in [0.29, 0.717) is 22.8 Å². The van der Waals surface area contributed by atoms with Crippen molar-refractivity contribution in [1.29, 1.82) is 0 Å². The minimum atomic E-state index is -0.502. The molecule has 1 amide bonds. The smallest absolute Gasteiger partial charge is 0.257 e. The molecule has 2 heterocycles. The van der Waals surface area contributed by atoms with Gasteiger partial charge in [0, 0.05) is 23.0 Å². The molecule has 0 atom stereocenters. The van der Waals surface area contributed by atoms with Crippen LogP contribution in [0.5, 0.6) is 0 Å². The molecule has 4 aromatic rings. The summed E-state index contributed by atoms with van der Waals surface area (Å²) in [5.74, 6) is -0.572. The first kappa shape index (κ1) is 17.7. The summed E-state index contributed by atoms with van der Waals surface area (Å²) in [6.07, 6.45) is 1.65. The average molecular weight is 392 g/mol. The summed E-state index contributed by atoms with van der Waals surface area (Å²) in [7, 11) is 0. The topological polar surface area (TPSA) is 80.0 Å². The number of oxazole rings is 1. The van der Waals surface area contributed by atoms with E-state index < -0.39 is 11.7 Å². The predicted octanol–water partition coefficient (Wildman–Crippen LogP) is 4.16. The van der Waals surface area contributed by atoms with Crippen LogP contribution >= 0.6 is 12.2 Å². The Labute approximate surface area is 164 Å². The molecule has 28 heavy (non-hydrogen) atoms. The van der Waals surface area contributed by atoms with Crippen LogP contribution in [-0.4, -0.2) is 21.0 Å². The molecule has 0 bridgehead atoms. The van der Waals surface area contributed by atoms with Crippen LogP contribution < -0.4 is 10.6 Å². The Balaban J connectivity index is 1.48. The molecule has 0 radical (unpaired) electrons. The zero-order chi connectivity index (χ0) is 19.5. The van der Waals surface area contributed by atoms with Gasteiger partial charge in [0.2, 0.25) is 5.89 Å². The van der Waals surface area contributed by atoms with Gasteiger partial charge in [-0.05, 0) is 60.7 Å². The first-order chi connectivity index (χ1) is 13.6. The van der Waals surface area contributed by atoms with Gasteiger partial charge in [-0.3, -0.25) is 10.1 Å². The van der Waals surface area contributed by atoms with Gasteiger partial charge < -0.3 is 9.73 Å². The van der Waals surface area contributed by atoms with Crippen LogP contribution in [0.3, 0.4) is 0 Å². The summed E-state index contributed by atoms with van der Waals surface area (Å²) in [4.78, 5) is 20.7. The van der Waals surface area contributed by atoms with Crippen molar-refractivity contribution in [3.63, 3.8) is 0 Å². The summed E-state index contributed by atoms with van der Waals surface area (Å²) in [5.41, 5.74) is 2.65. The fraction of sp³-hybridized carbons (Fsp3) is 0. The summed E-state index contributed by atoms with van der Waals surface area (Å²) >= 11 is 5.17. The third kappa shape index (κ3) is 3.86. The first-order valence-corrected chi connectivity index (χ1v) is 8.69. The molecule has 0 aliphatic rings. The molecule has 0 saturated carbocycles. The van der Waals surface area contributed by atoms with E-state index >= 15 is 0 Å². The maximum absolute atomic E-state index is 13.2. The number of carbonyl (C=O) groups excluding carboxylic acids is 1. The number of amides is 1. The molecule has 138 valence electrons. The molecule has 0 unspecified atom stereocenters. The minimum Gasteiger partial charge on any atom is -0.434 e. The van der Waals surface area contributed by atoms with Gasteiger partial charge in [-0.15, -0.1) is 0 Å². The monoisotopic (exact) mass is 392 g/mol. The molecule has 0 fully saturated rings. The molecule has 0 aliphatic carbocycles. The largest absolute Gasteiger partial charge is 0.434 e. The van der Waals surface area contributed by atoms with Crippen molar-refractivity contribution in [3.05, 3.63) is 78.2 Å². The van der Waals surface area contributed by atoms with Crippen molar-refractivity contribution < 1.29 is 13.6 Å². The third-order valence-electron chi connectivity index (χ3n) is 3.85. The zero-order valence-corrected chi connectivity index (χ0v) is 15.2. The Morgan fingerprint density at radius 2 is 1.93 bits per heavy atom. The minimum absolute atomic E-state index is 0.0886. The lowest BCUT2D eigenvalue weighted by Crippen LogP contribution is -2.34. The van der Waals surface area contributed by atoms with Crippen molar-refractivity contribution in [1.82, 2.24) is 15.3 Å². The maximum Gasteiger partial charge on any atom is 0.257 e. The quantitative estimate of drug-likeness (QED) is 0.510. The van der Waals surface area contributed by atoms with E-state index in [4.69, 9.17) is 16.6 Å². The van der Waals surface area contributed by atoms with Crippen LogP contribution in [0.4, 0.5) is 10.1 Å². The molecule has 2 aromatic carbocycles. The van der Waals surface area contributed by atoms with Crippen LogP contribution in [0.1, 0.15) is 10.4 Å². The van der Waals surface area contributed by atoms with E-state index in [2.05, 4.69) is 20.6 Å². The van der Waals surface area contributed by atoms with Crippen molar-refractivity contribution >= 4 is 40.2 Å². The Morgan fingerprint density at radius 3 is 2.75 bits per heavy atom. The normalized spacial score (nSPS) is 10.6. The number of rotatable bonds is 3. The lowest BCUT2D eigenvalue weighted by atomic mass is 10.2. The standard InChI is InChI=1S/C20H13FN4O2S/c21-14-6-1-4-12(10-14)18(26)25-20(28)23-15-7-2-5-13(11-15)19-24-17-16(27-19)8-3-9-22-17/h1-11H,(H2,23,25,26,28). The fourth-order valence-electron chi connectivity index (χ4n) is 2.59. The van der Waals surface area contributed by atoms with Crippen LogP contribution in [-0.2, 0) is 0 Å². The Hall–Kier alpha value is -3.65. The molecular formula is C20H13FN4O2S. The number of benzene rings is 2. The molecule has 0 aliphatic heterocycles. The second-order valence-corrected chi connectivity index (χ2v) is 6.25. The number of fused-ring (bicyclic) bond motifs is 1. The molecule has 4 rings (SSSR count). The van der Waals surface area contributed by atoms with Crippen molar-refractivity contribution in [3.8, 4) is 11.5 Å². The molecule has 0 saturated heterocycles. The van der Waals surface area contributed by atoms with Crippen LogP contribution in [0, 0.1) is 5.82 Å². The van der Waals surface area contributed by atoms with Gasteiger partial charge >= 0.3 is 0 Å². The van der Waals surface area contributed by atoms with Gasteiger partial charge in [0.1, 0.15) is 5.82 Å². The maximum atomic E-state index is 13.2. The van der Waals surface area contributed by atoms with Crippen LogP contribution in [0.15, 0.2) is 71.3 Å². The molecule has 2 aromatic heterocycles. The number of pyridine rings is 1. The Bertz CT molecular complexity index is 1160. The molecular weight excluding hydrogens is 379 g/mol. The molecule has 0 spiro atoms. The van der Waals surface area contributed by atoms with Gasteiger partial charge in [0.15, 0.2) is 16.3 Å². The lowest BCUT2D eigenvalue weighted by molar-refractivity contribution is 0.0977. The summed E-state index contributed by atoms with van der Waals surface area (Å²) in [6.45, 7) is 0. The Kier molecular flexibility index (Phi) is 4.77. The summed E-state index contributed by atoms with van der Waals surface area (Å²) in [5, 5.41) is 5.53. The van der Waals surface area contributed by atoms with Gasteiger partial charge in [-0.2, -0.15) is 4.98 Å². The number of nitrogens with zero attached hydrogens (tertiary/aromatic N) is 2. The number of carbonyl (C=O) groups is 1. The number of anilines is 1. The number of thiocarbonyl (C=S) groups is 1. The average Bonchev–Trinajstić information content (AvgIpc) is 3.12. The van der Waals surface area contributed by atoms with Gasteiger partial charge in [0.25, 0.3) is 5.91 Å².